The zero-order valence-electron chi connectivity index (χ0n) is 9.11. The topological polar surface area (TPSA) is 41.6 Å². The van der Waals surface area contributed by atoms with Gasteiger partial charge in [0.25, 0.3) is 0 Å². The highest BCUT2D eigenvalue weighted by atomic mass is 32.1. The number of thiazole rings is 1. The molecule has 0 saturated heterocycles. The number of nitrogens with zero attached hydrogens (tertiary/aromatic N) is 2. The molecule has 0 atom stereocenters. The van der Waals surface area contributed by atoms with Gasteiger partial charge >= 0.3 is 0 Å². The number of fused-ring (bicyclic) bond motifs is 1. The Kier molecular flexibility index (Phi) is 2.04. The molecule has 0 aliphatic carbocycles. The van der Waals surface area contributed by atoms with Crippen molar-refractivity contribution < 1.29 is 0 Å². The van der Waals surface area contributed by atoms with Crippen molar-refractivity contribution in [2.45, 2.75) is 13.8 Å². The van der Waals surface area contributed by atoms with E-state index in [-0.39, 0.29) is 0 Å². The van der Waals surface area contributed by atoms with Gasteiger partial charge in [-0.3, -0.25) is 4.98 Å². The third-order valence-corrected chi connectivity index (χ3v) is 3.54. The summed E-state index contributed by atoms with van der Waals surface area (Å²) in [5, 5.41) is 0. The average molecular weight is 229 g/mol. The minimum atomic E-state index is 0.905. The van der Waals surface area contributed by atoms with Gasteiger partial charge in [-0.25, -0.2) is 4.98 Å². The van der Waals surface area contributed by atoms with E-state index in [9.17, 15) is 0 Å². The number of aryl methyl sites for hydroxylation is 2. The lowest BCUT2D eigenvalue weighted by Gasteiger charge is -1.97. The van der Waals surface area contributed by atoms with E-state index in [1.54, 1.807) is 11.3 Å². The van der Waals surface area contributed by atoms with Gasteiger partial charge in [-0.05, 0) is 37.1 Å². The maximum Gasteiger partial charge on any atom is 0.150 e. The summed E-state index contributed by atoms with van der Waals surface area (Å²) >= 11 is 1.59. The van der Waals surface area contributed by atoms with Gasteiger partial charge in [-0.2, -0.15) is 0 Å². The van der Waals surface area contributed by atoms with Gasteiger partial charge in [-0.15, -0.1) is 11.3 Å². The molecule has 0 bridgehead atoms. The summed E-state index contributed by atoms with van der Waals surface area (Å²) in [6.07, 6.45) is 1.84. The second-order valence-corrected chi connectivity index (χ2v) is 4.79. The Bertz CT molecular complexity index is 599. The van der Waals surface area contributed by atoms with Crippen molar-refractivity contribution >= 4 is 22.4 Å². The number of aromatic nitrogens is 3. The number of hydrogen-bond acceptors (Lipinski definition) is 3. The quantitative estimate of drug-likeness (QED) is 0.695. The van der Waals surface area contributed by atoms with Crippen molar-refractivity contribution in [1.82, 2.24) is 15.0 Å². The highest BCUT2D eigenvalue weighted by Crippen LogP contribution is 2.24. The average Bonchev–Trinajstić information content (AvgIpc) is 2.86. The number of imidazole rings is 1. The Morgan fingerprint density at radius 3 is 2.75 bits per heavy atom. The number of H-pyrrole nitrogens is 1. The minimum Gasteiger partial charge on any atom is -0.337 e. The zero-order valence-corrected chi connectivity index (χ0v) is 9.93. The molecule has 0 saturated carbocycles. The van der Waals surface area contributed by atoms with Crippen molar-refractivity contribution in [3.05, 3.63) is 35.0 Å². The van der Waals surface area contributed by atoms with Crippen LogP contribution in [-0.2, 0) is 0 Å². The van der Waals surface area contributed by atoms with E-state index >= 15 is 0 Å². The van der Waals surface area contributed by atoms with Crippen LogP contribution in [0.5, 0.6) is 0 Å². The fourth-order valence-corrected chi connectivity index (χ4v) is 2.28. The first kappa shape index (κ1) is 9.54. The highest BCUT2D eigenvalue weighted by Gasteiger charge is 2.07. The Labute approximate surface area is 97.2 Å². The molecule has 0 fully saturated rings. The molecule has 3 nitrogen and oxygen atoms in total. The zero-order chi connectivity index (χ0) is 11.1. The number of benzene rings is 1. The van der Waals surface area contributed by atoms with E-state index in [2.05, 4.69) is 40.9 Å². The van der Waals surface area contributed by atoms with Crippen LogP contribution >= 0.6 is 11.3 Å². The molecule has 80 valence electrons. The predicted octanol–water partition coefficient (Wildman–Crippen LogP) is 3.30. The Morgan fingerprint density at radius 1 is 1.19 bits per heavy atom. The maximum atomic E-state index is 4.57. The van der Waals surface area contributed by atoms with Crippen molar-refractivity contribution in [3.8, 4) is 10.7 Å². The van der Waals surface area contributed by atoms with Crippen molar-refractivity contribution in [3.63, 3.8) is 0 Å². The van der Waals surface area contributed by atoms with Crippen LogP contribution in [0.1, 0.15) is 11.1 Å². The standard InChI is InChI=1S/C12H11N3S/c1-7-3-9-10(4-8(7)2)15-12(14-9)11-5-13-6-16-11/h3-6H,1-2H3,(H,14,15). The summed E-state index contributed by atoms with van der Waals surface area (Å²) in [7, 11) is 0. The maximum absolute atomic E-state index is 4.57. The van der Waals surface area contributed by atoms with Gasteiger partial charge in [-0.1, -0.05) is 0 Å². The molecule has 0 aliphatic rings. The molecule has 0 radical (unpaired) electrons. The summed E-state index contributed by atoms with van der Waals surface area (Å²) in [4.78, 5) is 13.0. The normalized spacial score (nSPS) is 11.1. The minimum absolute atomic E-state index is 0.905. The second-order valence-electron chi connectivity index (χ2n) is 3.90. The smallest absolute Gasteiger partial charge is 0.150 e. The Balaban J connectivity index is 2.23. The fraction of sp³-hybridized carbons (Fsp3) is 0.167. The second kappa shape index (κ2) is 3.42. The van der Waals surface area contributed by atoms with E-state index in [0.717, 1.165) is 21.7 Å². The predicted molar refractivity (Wildman–Crippen MR) is 66.7 cm³/mol. The summed E-state index contributed by atoms with van der Waals surface area (Å²) in [6, 6.07) is 4.26. The molecule has 1 N–H and O–H groups in total. The van der Waals surface area contributed by atoms with Crippen molar-refractivity contribution in [2.24, 2.45) is 0 Å². The molecule has 0 unspecified atom stereocenters. The molecule has 1 aromatic carbocycles. The summed E-state index contributed by atoms with van der Waals surface area (Å²) in [5.74, 6) is 0.905. The molecule has 0 spiro atoms. The highest BCUT2D eigenvalue weighted by molar-refractivity contribution is 7.13. The van der Waals surface area contributed by atoms with Crippen LogP contribution in [0.15, 0.2) is 23.8 Å². The first-order valence-electron chi connectivity index (χ1n) is 5.10. The monoisotopic (exact) mass is 229 g/mol. The summed E-state index contributed by atoms with van der Waals surface area (Å²) < 4.78 is 0. The first-order chi connectivity index (χ1) is 7.74. The first-order valence-corrected chi connectivity index (χ1v) is 5.98. The van der Waals surface area contributed by atoms with Crippen LogP contribution in [0.4, 0.5) is 0 Å². The lowest BCUT2D eigenvalue weighted by Crippen LogP contribution is -1.79. The van der Waals surface area contributed by atoms with Crippen LogP contribution in [-0.4, -0.2) is 15.0 Å². The van der Waals surface area contributed by atoms with E-state index in [1.807, 2.05) is 11.7 Å². The lowest BCUT2D eigenvalue weighted by atomic mass is 10.1. The van der Waals surface area contributed by atoms with Crippen LogP contribution in [0, 0.1) is 13.8 Å². The number of aromatic amines is 1. The molecule has 2 aromatic heterocycles. The van der Waals surface area contributed by atoms with Crippen LogP contribution in [0.25, 0.3) is 21.7 Å². The third-order valence-electron chi connectivity index (χ3n) is 2.76. The molecule has 3 rings (SSSR count). The van der Waals surface area contributed by atoms with E-state index in [1.165, 1.54) is 11.1 Å². The molecule has 4 heteroatoms. The summed E-state index contributed by atoms with van der Waals surface area (Å²) in [6.45, 7) is 4.22. The molecule has 2 heterocycles. The SMILES string of the molecule is Cc1cc2nc(-c3cncs3)[nH]c2cc1C. The molecule has 0 amide bonds. The fourth-order valence-electron chi connectivity index (χ4n) is 1.72. The van der Waals surface area contributed by atoms with E-state index < -0.39 is 0 Å². The molecule has 16 heavy (non-hydrogen) atoms. The van der Waals surface area contributed by atoms with Gasteiger partial charge in [0.05, 0.1) is 21.4 Å². The lowest BCUT2D eigenvalue weighted by molar-refractivity contribution is 1.34. The van der Waals surface area contributed by atoms with Gasteiger partial charge in [0.15, 0.2) is 0 Å². The molecule has 0 aliphatic heterocycles. The van der Waals surface area contributed by atoms with Gasteiger partial charge < -0.3 is 4.98 Å². The third kappa shape index (κ3) is 1.42. The molecular formula is C12H11N3S. The van der Waals surface area contributed by atoms with Crippen LogP contribution in [0.2, 0.25) is 0 Å². The molecular weight excluding hydrogens is 218 g/mol. The van der Waals surface area contributed by atoms with Crippen molar-refractivity contribution in [2.75, 3.05) is 0 Å². The molecule has 3 aromatic rings. The van der Waals surface area contributed by atoms with Crippen LogP contribution in [0.3, 0.4) is 0 Å². The van der Waals surface area contributed by atoms with Crippen molar-refractivity contribution in [1.29, 1.82) is 0 Å². The van der Waals surface area contributed by atoms with E-state index in [0.29, 0.717) is 0 Å². The van der Waals surface area contributed by atoms with E-state index in [4.69, 9.17) is 0 Å². The summed E-state index contributed by atoms with van der Waals surface area (Å²) in [5.41, 5.74) is 6.49. The number of nitrogens with one attached hydrogen (secondary N) is 1. The van der Waals surface area contributed by atoms with Gasteiger partial charge in [0, 0.05) is 6.20 Å². The number of rotatable bonds is 1. The number of hydrogen-bond donors (Lipinski definition) is 1. The Hall–Kier alpha value is -1.68. The van der Waals surface area contributed by atoms with Gasteiger partial charge in [0.2, 0.25) is 0 Å². The largest absolute Gasteiger partial charge is 0.337 e. The van der Waals surface area contributed by atoms with Gasteiger partial charge in [0.1, 0.15) is 5.82 Å². The Morgan fingerprint density at radius 2 is 2.00 bits per heavy atom. The van der Waals surface area contributed by atoms with Crippen LogP contribution < -0.4 is 0 Å².